The van der Waals surface area contributed by atoms with Crippen LogP contribution in [0.3, 0.4) is 0 Å². The first-order chi connectivity index (χ1) is 11.9. The van der Waals surface area contributed by atoms with Crippen molar-refractivity contribution in [2.75, 3.05) is 7.11 Å². The second-order valence-corrected chi connectivity index (χ2v) is 20.9. The van der Waals surface area contributed by atoms with Crippen molar-refractivity contribution >= 4 is 41.2 Å². The molecular formula is C21H37Cl3OSiTi. The van der Waals surface area contributed by atoms with E-state index in [0.29, 0.717) is 0 Å². The van der Waals surface area contributed by atoms with Crippen LogP contribution in [0, 0.1) is 44.9 Å². The van der Waals surface area contributed by atoms with Crippen LogP contribution in [-0.2, 0) is 14.7 Å². The SMILES string of the molecule is COc1c(C)cc(C)cc1[Si](C)(C)C1C(C)C(C)C(C)C1C.[CH3-].[Cl][Ti+]([Cl])[Cl]. The Labute approximate surface area is 187 Å². The summed E-state index contributed by atoms with van der Waals surface area (Å²) in [5, 5.41) is 1.53. The van der Waals surface area contributed by atoms with E-state index in [1.54, 1.807) is 0 Å². The van der Waals surface area contributed by atoms with E-state index in [-0.39, 0.29) is 7.43 Å². The average molecular weight is 488 g/mol. The van der Waals surface area contributed by atoms with Gasteiger partial charge in [0.25, 0.3) is 0 Å². The maximum absolute atomic E-state index is 5.84. The fourth-order valence-corrected chi connectivity index (χ4v) is 10.4. The Balaban J connectivity index is 0.00000123. The molecule has 0 radical (unpaired) electrons. The van der Waals surface area contributed by atoms with Crippen LogP contribution >= 0.6 is 27.9 Å². The summed E-state index contributed by atoms with van der Waals surface area (Å²) in [5.41, 5.74) is 3.48. The zero-order valence-electron chi connectivity index (χ0n) is 18.6. The molecule has 0 N–H and O–H groups in total. The van der Waals surface area contributed by atoms with E-state index in [9.17, 15) is 0 Å². The number of hydrogen-bond donors (Lipinski definition) is 0. The molecule has 0 aromatic heterocycles. The summed E-state index contributed by atoms with van der Waals surface area (Å²) in [7, 11) is 15.1. The zero-order chi connectivity index (χ0) is 20.4. The Bertz CT molecular complexity index is 593. The molecule has 1 aliphatic carbocycles. The summed E-state index contributed by atoms with van der Waals surface area (Å²) in [6.07, 6.45) is 0. The van der Waals surface area contributed by atoms with Crippen LogP contribution in [0.25, 0.3) is 0 Å². The van der Waals surface area contributed by atoms with Crippen LogP contribution < -0.4 is 9.92 Å². The zero-order valence-corrected chi connectivity index (χ0v) is 23.4. The van der Waals surface area contributed by atoms with Crippen molar-refractivity contribution < 1.29 is 19.4 Å². The third-order valence-electron chi connectivity index (χ3n) is 6.77. The Hall–Kier alpha value is 0.821. The Morgan fingerprint density at radius 3 is 1.67 bits per heavy atom. The first-order valence-corrected chi connectivity index (χ1v) is 18.9. The molecule has 0 spiro atoms. The van der Waals surface area contributed by atoms with Gasteiger partial charge in [0.1, 0.15) is 5.75 Å². The summed E-state index contributed by atoms with van der Waals surface area (Å²) in [6, 6.07) is 4.66. The molecule has 156 valence electrons. The topological polar surface area (TPSA) is 9.23 Å². The van der Waals surface area contributed by atoms with E-state index in [2.05, 4.69) is 66.8 Å². The average Bonchev–Trinajstić information content (AvgIpc) is 2.70. The summed E-state index contributed by atoms with van der Waals surface area (Å²) < 4.78 is 5.84. The van der Waals surface area contributed by atoms with Crippen molar-refractivity contribution in [2.45, 2.75) is 60.2 Å². The van der Waals surface area contributed by atoms with Gasteiger partial charge in [0.05, 0.1) is 15.2 Å². The van der Waals surface area contributed by atoms with Gasteiger partial charge in [-0.25, -0.2) is 0 Å². The molecule has 0 aliphatic heterocycles. The van der Waals surface area contributed by atoms with Crippen LogP contribution in [0.2, 0.25) is 18.6 Å². The molecular weight excluding hydrogens is 451 g/mol. The van der Waals surface area contributed by atoms with Crippen molar-refractivity contribution in [3.63, 3.8) is 0 Å². The van der Waals surface area contributed by atoms with Gasteiger partial charge in [-0.15, -0.1) is 0 Å². The molecule has 4 unspecified atom stereocenters. The Kier molecular flexibility index (Phi) is 11.6. The predicted octanol–water partition coefficient (Wildman–Crippen LogP) is 7.67. The quantitative estimate of drug-likeness (QED) is 0.314. The van der Waals surface area contributed by atoms with Crippen molar-refractivity contribution in [1.29, 1.82) is 0 Å². The van der Waals surface area contributed by atoms with Crippen molar-refractivity contribution in [3.05, 3.63) is 30.7 Å². The number of methoxy groups -OCH3 is 1. The Morgan fingerprint density at radius 2 is 1.30 bits per heavy atom. The van der Waals surface area contributed by atoms with E-state index in [4.69, 9.17) is 32.7 Å². The summed E-state index contributed by atoms with van der Waals surface area (Å²) in [4.78, 5) is 0. The van der Waals surface area contributed by atoms with E-state index < -0.39 is 22.8 Å². The number of rotatable bonds is 3. The number of ether oxygens (including phenoxy) is 1. The second-order valence-electron chi connectivity index (χ2n) is 8.56. The summed E-state index contributed by atoms with van der Waals surface area (Å²) >= 11 is -1.92. The van der Waals surface area contributed by atoms with Crippen molar-refractivity contribution in [2.24, 2.45) is 23.7 Å². The van der Waals surface area contributed by atoms with Gasteiger partial charge in [-0.2, -0.15) is 0 Å². The van der Waals surface area contributed by atoms with Gasteiger partial charge in [-0.1, -0.05) is 58.5 Å². The number of benzene rings is 1. The van der Waals surface area contributed by atoms with Gasteiger partial charge in [0, 0.05) is 0 Å². The van der Waals surface area contributed by atoms with Crippen LogP contribution in [0.5, 0.6) is 5.75 Å². The molecule has 0 heterocycles. The minimum atomic E-state index is -1.92. The third-order valence-corrected chi connectivity index (χ3v) is 11.2. The van der Waals surface area contributed by atoms with Gasteiger partial charge in [-0.3, -0.25) is 0 Å². The van der Waals surface area contributed by atoms with Crippen LogP contribution in [-0.4, -0.2) is 15.2 Å². The summed E-state index contributed by atoms with van der Waals surface area (Å²) in [6.45, 7) is 19.4. The molecule has 1 aromatic rings. The molecule has 0 bridgehead atoms. The van der Waals surface area contributed by atoms with Gasteiger partial charge in [0.2, 0.25) is 0 Å². The van der Waals surface area contributed by atoms with Crippen molar-refractivity contribution in [3.8, 4) is 5.75 Å². The van der Waals surface area contributed by atoms with Gasteiger partial charge < -0.3 is 12.2 Å². The number of hydrogen-bond acceptors (Lipinski definition) is 1. The maximum atomic E-state index is 5.84. The van der Waals surface area contributed by atoms with Gasteiger partial charge >= 0.3 is 42.6 Å². The van der Waals surface area contributed by atoms with Gasteiger partial charge in [-0.05, 0) is 53.8 Å². The van der Waals surface area contributed by atoms with Crippen molar-refractivity contribution in [1.82, 2.24) is 0 Å². The fourth-order valence-electron chi connectivity index (χ4n) is 5.29. The molecule has 1 aliphatic rings. The number of halogens is 3. The molecule has 4 atom stereocenters. The van der Waals surface area contributed by atoms with E-state index in [1.165, 1.54) is 16.3 Å². The van der Waals surface area contributed by atoms with Crippen LogP contribution in [0.1, 0.15) is 38.8 Å². The first kappa shape index (κ1) is 27.8. The van der Waals surface area contributed by atoms with E-state index in [1.807, 2.05) is 7.11 Å². The molecule has 1 aromatic carbocycles. The van der Waals surface area contributed by atoms with Crippen LogP contribution in [0.4, 0.5) is 0 Å². The minimum absolute atomic E-state index is 0. The molecule has 2 rings (SSSR count). The predicted molar refractivity (Wildman–Crippen MR) is 124 cm³/mol. The molecule has 0 saturated heterocycles. The molecule has 1 saturated carbocycles. The summed E-state index contributed by atoms with van der Waals surface area (Å²) in [5.74, 6) is 4.40. The van der Waals surface area contributed by atoms with E-state index >= 15 is 0 Å². The van der Waals surface area contributed by atoms with Crippen LogP contribution in [0.15, 0.2) is 12.1 Å². The third kappa shape index (κ3) is 6.40. The Morgan fingerprint density at radius 1 is 0.889 bits per heavy atom. The standard InChI is InChI=1S/C20H34OSi.CH3.3ClH.Ti/c1-12-10-13(2)19(21-7)18(11-12)22(8,9)20-16(5)14(3)15(4)17(20)6;;;;;/h10-11,14-17,20H,1-9H3;1H3;3*1H;/q;-1;;;;+4/p-3. The normalized spacial score (nSPS) is 27.3. The molecule has 0 amide bonds. The van der Waals surface area contributed by atoms with Gasteiger partial charge in [0.15, 0.2) is 0 Å². The fraction of sp³-hybridized carbons (Fsp3) is 0.667. The molecule has 1 fully saturated rings. The second kappa shape index (κ2) is 11.3. The van der Waals surface area contributed by atoms with E-state index in [0.717, 1.165) is 35.0 Å². The molecule has 1 nitrogen and oxygen atoms in total. The number of aryl methyl sites for hydroxylation is 2. The first-order valence-electron chi connectivity index (χ1n) is 9.35. The molecule has 27 heavy (non-hydrogen) atoms. The molecule has 6 heteroatoms. The monoisotopic (exact) mass is 486 g/mol.